The quantitative estimate of drug-likeness (QED) is 0.851. The minimum Gasteiger partial charge on any atom is -0.481 e. The Hall–Kier alpha value is -1.60. The second kappa shape index (κ2) is 5.89. The zero-order valence-electron chi connectivity index (χ0n) is 13.5. The monoisotopic (exact) mass is 309 g/mol. The Bertz CT molecular complexity index is 561. The zero-order chi connectivity index (χ0) is 16.5. The Morgan fingerprint density at radius 1 is 1.27 bits per heavy atom. The number of halogens is 1. The summed E-state index contributed by atoms with van der Waals surface area (Å²) in [5.74, 6) is -0.875. The summed E-state index contributed by atoms with van der Waals surface area (Å²) < 4.78 is 30.8. The van der Waals surface area contributed by atoms with Gasteiger partial charge in [-0.1, -0.05) is 6.07 Å². The van der Waals surface area contributed by atoms with Crippen molar-refractivity contribution in [3.8, 4) is 5.75 Å². The Balaban J connectivity index is 2.18. The number of benzene rings is 1. The maximum absolute atomic E-state index is 13.8. The van der Waals surface area contributed by atoms with Gasteiger partial charge in [0.1, 0.15) is 0 Å². The van der Waals surface area contributed by atoms with Crippen molar-refractivity contribution in [1.29, 1.82) is 0 Å². The molecular formula is C15H21BFNO4. The Morgan fingerprint density at radius 2 is 1.86 bits per heavy atom. The van der Waals surface area contributed by atoms with Gasteiger partial charge in [-0.15, -0.1) is 0 Å². The number of rotatable bonds is 4. The third-order valence-electron chi connectivity index (χ3n) is 4.12. The fourth-order valence-corrected chi connectivity index (χ4v) is 1.97. The largest absolute Gasteiger partial charge is 0.494 e. The molecule has 22 heavy (non-hydrogen) atoms. The van der Waals surface area contributed by atoms with Crippen molar-refractivity contribution in [1.82, 2.24) is 5.32 Å². The van der Waals surface area contributed by atoms with Crippen LogP contribution in [0, 0.1) is 5.82 Å². The lowest BCUT2D eigenvalue weighted by Crippen LogP contribution is -2.41. The van der Waals surface area contributed by atoms with E-state index in [4.69, 9.17) is 14.0 Å². The Kier molecular flexibility index (Phi) is 4.49. The predicted molar refractivity (Wildman–Crippen MR) is 81.7 cm³/mol. The summed E-state index contributed by atoms with van der Waals surface area (Å²) in [5.41, 5.74) is -0.309. The van der Waals surface area contributed by atoms with E-state index in [0.29, 0.717) is 5.46 Å². The average Bonchev–Trinajstić information content (AvgIpc) is 2.66. The molecule has 0 saturated carbocycles. The Labute approximate surface area is 130 Å². The van der Waals surface area contributed by atoms with Gasteiger partial charge in [0.25, 0.3) is 5.91 Å². The normalized spacial score (nSPS) is 19.1. The van der Waals surface area contributed by atoms with Crippen molar-refractivity contribution in [3.05, 3.63) is 24.0 Å². The van der Waals surface area contributed by atoms with Crippen molar-refractivity contribution >= 4 is 18.5 Å². The first-order valence-electron chi connectivity index (χ1n) is 7.15. The summed E-state index contributed by atoms with van der Waals surface area (Å²) in [7, 11) is 0.885. The summed E-state index contributed by atoms with van der Waals surface area (Å²) >= 11 is 0. The van der Waals surface area contributed by atoms with Gasteiger partial charge in [-0.25, -0.2) is 4.39 Å². The standard InChI is InChI=1S/C15H21BFNO4/c1-14(2)15(3,4)22-16(21-14)10-6-7-11(17)12(8-10)20-9-13(19)18-5/h6-8H,9H2,1-5H3,(H,18,19). The molecule has 1 aliphatic heterocycles. The summed E-state index contributed by atoms with van der Waals surface area (Å²) in [5, 5.41) is 2.41. The van der Waals surface area contributed by atoms with Crippen molar-refractivity contribution < 1.29 is 23.2 Å². The molecule has 0 spiro atoms. The molecule has 1 fully saturated rings. The molecule has 7 heteroatoms. The Morgan fingerprint density at radius 3 is 2.41 bits per heavy atom. The van der Waals surface area contributed by atoms with Crippen LogP contribution in [0.25, 0.3) is 0 Å². The second-order valence-electron chi connectivity index (χ2n) is 6.24. The molecule has 1 aliphatic rings. The molecule has 5 nitrogen and oxygen atoms in total. The summed E-state index contributed by atoms with van der Waals surface area (Å²) in [6.45, 7) is 7.53. The number of carbonyl (C=O) groups is 1. The highest BCUT2D eigenvalue weighted by Crippen LogP contribution is 2.36. The average molecular weight is 309 g/mol. The van der Waals surface area contributed by atoms with E-state index in [2.05, 4.69) is 5.32 Å². The SMILES string of the molecule is CNC(=O)COc1cc(B2OC(C)(C)C(C)(C)O2)ccc1F. The van der Waals surface area contributed by atoms with Gasteiger partial charge in [0.2, 0.25) is 0 Å². The number of hydrogen-bond acceptors (Lipinski definition) is 4. The number of ether oxygens (including phenoxy) is 1. The van der Waals surface area contributed by atoms with E-state index in [-0.39, 0.29) is 18.3 Å². The highest BCUT2D eigenvalue weighted by molar-refractivity contribution is 6.62. The van der Waals surface area contributed by atoms with Crippen LogP contribution in [0.3, 0.4) is 0 Å². The summed E-state index contributed by atoms with van der Waals surface area (Å²) in [4.78, 5) is 11.2. The van der Waals surface area contributed by atoms with E-state index in [1.807, 2.05) is 27.7 Å². The maximum atomic E-state index is 13.8. The molecule has 0 unspecified atom stereocenters. The van der Waals surface area contributed by atoms with Gasteiger partial charge < -0.3 is 19.4 Å². The summed E-state index contributed by atoms with van der Waals surface area (Å²) in [6, 6.07) is 4.37. The molecule has 0 atom stereocenters. The van der Waals surface area contributed by atoms with E-state index < -0.39 is 24.1 Å². The van der Waals surface area contributed by atoms with Gasteiger partial charge in [-0.3, -0.25) is 4.79 Å². The van der Waals surface area contributed by atoms with Gasteiger partial charge in [0.05, 0.1) is 11.2 Å². The smallest absolute Gasteiger partial charge is 0.481 e. The second-order valence-corrected chi connectivity index (χ2v) is 6.24. The van der Waals surface area contributed by atoms with Crippen LogP contribution in [0.5, 0.6) is 5.75 Å². The lowest BCUT2D eigenvalue weighted by Gasteiger charge is -2.32. The van der Waals surface area contributed by atoms with Crippen LogP contribution in [-0.4, -0.2) is 37.9 Å². The molecule has 1 aromatic rings. The molecule has 1 N–H and O–H groups in total. The van der Waals surface area contributed by atoms with Gasteiger partial charge in [0, 0.05) is 7.05 Å². The molecule has 0 bridgehead atoms. The lowest BCUT2D eigenvalue weighted by atomic mass is 9.79. The molecule has 1 saturated heterocycles. The minimum atomic E-state index is -0.604. The van der Waals surface area contributed by atoms with Crippen LogP contribution in [0.4, 0.5) is 4.39 Å². The van der Waals surface area contributed by atoms with Crippen LogP contribution in [0.15, 0.2) is 18.2 Å². The highest BCUT2D eigenvalue weighted by atomic mass is 19.1. The van der Waals surface area contributed by atoms with Crippen molar-refractivity contribution in [2.24, 2.45) is 0 Å². The van der Waals surface area contributed by atoms with Gasteiger partial charge >= 0.3 is 7.12 Å². The molecule has 1 aromatic carbocycles. The van der Waals surface area contributed by atoms with Crippen LogP contribution in [0.1, 0.15) is 27.7 Å². The van der Waals surface area contributed by atoms with Gasteiger partial charge in [-0.2, -0.15) is 0 Å². The molecule has 1 heterocycles. The number of likely N-dealkylation sites (N-methyl/N-ethyl adjacent to an activating group) is 1. The van der Waals surface area contributed by atoms with E-state index in [0.717, 1.165) is 0 Å². The fraction of sp³-hybridized carbons (Fsp3) is 0.533. The van der Waals surface area contributed by atoms with Crippen molar-refractivity contribution in [2.45, 2.75) is 38.9 Å². The topological polar surface area (TPSA) is 56.8 Å². The minimum absolute atomic E-state index is 0.00388. The van der Waals surface area contributed by atoms with Crippen LogP contribution < -0.4 is 15.5 Å². The lowest BCUT2D eigenvalue weighted by molar-refractivity contribution is -0.122. The third-order valence-corrected chi connectivity index (χ3v) is 4.12. The molecule has 0 aliphatic carbocycles. The molecule has 1 amide bonds. The van der Waals surface area contributed by atoms with E-state index in [1.54, 1.807) is 6.07 Å². The van der Waals surface area contributed by atoms with Gasteiger partial charge in [-0.05, 0) is 45.3 Å². The summed E-state index contributed by atoms with van der Waals surface area (Å²) in [6.07, 6.45) is 0. The van der Waals surface area contributed by atoms with E-state index in [1.165, 1.54) is 19.2 Å². The predicted octanol–water partition coefficient (Wildman–Crippen LogP) is 1.25. The zero-order valence-corrected chi connectivity index (χ0v) is 13.5. The number of nitrogens with one attached hydrogen (secondary N) is 1. The number of hydrogen-bond donors (Lipinski definition) is 1. The van der Waals surface area contributed by atoms with Gasteiger partial charge in [0.15, 0.2) is 18.2 Å². The van der Waals surface area contributed by atoms with Crippen LogP contribution >= 0.6 is 0 Å². The van der Waals surface area contributed by atoms with Crippen LogP contribution in [-0.2, 0) is 14.1 Å². The number of amides is 1. The van der Waals surface area contributed by atoms with Crippen molar-refractivity contribution in [3.63, 3.8) is 0 Å². The molecule has 0 aromatic heterocycles. The first-order valence-corrected chi connectivity index (χ1v) is 7.15. The third kappa shape index (κ3) is 3.25. The first-order chi connectivity index (χ1) is 10.2. The maximum Gasteiger partial charge on any atom is 0.494 e. The first kappa shape index (κ1) is 16.8. The number of carbonyl (C=O) groups excluding carboxylic acids is 1. The van der Waals surface area contributed by atoms with E-state index in [9.17, 15) is 9.18 Å². The highest BCUT2D eigenvalue weighted by Gasteiger charge is 2.51. The van der Waals surface area contributed by atoms with Crippen molar-refractivity contribution in [2.75, 3.05) is 13.7 Å². The molecular weight excluding hydrogens is 288 g/mol. The van der Waals surface area contributed by atoms with E-state index >= 15 is 0 Å². The molecule has 2 rings (SSSR count). The fourth-order valence-electron chi connectivity index (χ4n) is 1.97. The molecule has 0 radical (unpaired) electrons. The van der Waals surface area contributed by atoms with Crippen LogP contribution in [0.2, 0.25) is 0 Å². The molecule has 120 valence electrons.